The average molecular weight is 535 g/mol. The second kappa shape index (κ2) is 10.9. The Bertz CT molecular complexity index is 1400. The molecule has 5 rings (SSSR count). The Morgan fingerprint density at radius 1 is 0.921 bits per heavy atom. The van der Waals surface area contributed by atoms with E-state index in [1.165, 1.54) is 0 Å². The molecule has 0 amide bonds. The maximum absolute atomic E-state index is 13.9. The molecule has 0 radical (unpaired) electrons. The van der Waals surface area contributed by atoms with Gasteiger partial charge in [-0.25, -0.2) is 0 Å². The molecular weight excluding hydrogens is 504 g/mol. The fourth-order valence-electron chi connectivity index (χ4n) is 5.22. The second-order valence-corrected chi connectivity index (χ2v) is 9.70. The number of carbonyl (C=O) groups is 1. The number of halogens is 1. The molecular formula is C30H31ClN2O5. The van der Waals surface area contributed by atoms with Gasteiger partial charge in [-0.05, 0) is 73.7 Å². The van der Waals surface area contributed by atoms with Crippen molar-refractivity contribution in [2.24, 2.45) is 0 Å². The van der Waals surface area contributed by atoms with Gasteiger partial charge in [-0.15, -0.1) is 0 Å². The fourth-order valence-corrected chi connectivity index (χ4v) is 5.44. The molecule has 198 valence electrons. The number of anilines is 2. The Morgan fingerprint density at radius 2 is 1.63 bits per heavy atom. The first kappa shape index (κ1) is 25.8. The number of phenolic OH excluding ortho intramolecular Hbond substituents is 1. The van der Waals surface area contributed by atoms with Crippen LogP contribution in [0.5, 0.6) is 23.0 Å². The van der Waals surface area contributed by atoms with Gasteiger partial charge in [-0.3, -0.25) is 4.79 Å². The summed E-state index contributed by atoms with van der Waals surface area (Å²) in [5, 5.41) is 17.7. The van der Waals surface area contributed by atoms with Gasteiger partial charge in [0.2, 0.25) is 0 Å². The summed E-state index contributed by atoms with van der Waals surface area (Å²) >= 11 is 6.40. The smallest absolute Gasteiger partial charge is 0.176 e. The van der Waals surface area contributed by atoms with Crippen molar-refractivity contribution >= 4 is 28.8 Å². The zero-order valence-electron chi connectivity index (χ0n) is 21.6. The molecule has 0 fully saturated rings. The molecule has 7 nitrogen and oxygen atoms in total. The van der Waals surface area contributed by atoms with Gasteiger partial charge in [0.15, 0.2) is 28.8 Å². The van der Waals surface area contributed by atoms with Gasteiger partial charge in [0.05, 0.1) is 42.8 Å². The molecule has 3 aromatic carbocycles. The highest BCUT2D eigenvalue weighted by molar-refractivity contribution is 6.32. The van der Waals surface area contributed by atoms with Gasteiger partial charge in [0.1, 0.15) is 0 Å². The van der Waals surface area contributed by atoms with Crippen LogP contribution in [0.3, 0.4) is 0 Å². The molecule has 1 aliphatic carbocycles. The lowest BCUT2D eigenvalue weighted by Crippen LogP contribution is -2.27. The van der Waals surface area contributed by atoms with E-state index in [0.29, 0.717) is 43.1 Å². The molecule has 0 bridgehead atoms. The monoisotopic (exact) mass is 534 g/mol. The normalized spacial score (nSPS) is 18.5. The maximum atomic E-state index is 13.9. The van der Waals surface area contributed by atoms with Crippen LogP contribution in [0.1, 0.15) is 49.8 Å². The summed E-state index contributed by atoms with van der Waals surface area (Å²) in [6, 6.07) is 16.7. The number of benzene rings is 3. The zero-order valence-corrected chi connectivity index (χ0v) is 22.4. The van der Waals surface area contributed by atoms with Crippen LogP contribution in [-0.2, 0) is 4.79 Å². The van der Waals surface area contributed by atoms with E-state index in [1.54, 1.807) is 19.2 Å². The molecule has 1 heterocycles. The lowest BCUT2D eigenvalue weighted by Gasteiger charge is -2.30. The highest BCUT2D eigenvalue weighted by atomic mass is 35.5. The van der Waals surface area contributed by atoms with E-state index in [2.05, 4.69) is 10.6 Å². The molecule has 0 unspecified atom stereocenters. The minimum atomic E-state index is -0.484. The van der Waals surface area contributed by atoms with Crippen molar-refractivity contribution in [3.05, 3.63) is 82.0 Å². The average Bonchev–Trinajstić information content (AvgIpc) is 3.08. The Hall–Kier alpha value is -3.84. The number of hydrogen-bond acceptors (Lipinski definition) is 7. The lowest BCUT2D eigenvalue weighted by molar-refractivity contribution is -0.116. The van der Waals surface area contributed by atoms with Crippen molar-refractivity contribution in [3.8, 4) is 23.0 Å². The fraction of sp³-hybridized carbons (Fsp3) is 0.300. The first-order chi connectivity index (χ1) is 18.4. The molecule has 0 saturated heterocycles. The van der Waals surface area contributed by atoms with Crippen LogP contribution in [0, 0.1) is 0 Å². The van der Waals surface area contributed by atoms with Gasteiger partial charge >= 0.3 is 0 Å². The third kappa shape index (κ3) is 4.86. The van der Waals surface area contributed by atoms with Gasteiger partial charge in [-0.2, -0.15) is 0 Å². The molecule has 0 spiro atoms. The predicted molar refractivity (Wildman–Crippen MR) is 149 cm³/mol. The Morgan fingerprint density at radius 3 is 2.37 bits per heavy atom. The van der Waals surface area contributed by atoms with Crippen molar-refractivity contribution < 1.29 is 24.1 Å². The molecule has 2 aliphatic rings. The topological polar surface area (TPSA) is 89.1 Å². The number of ketones is 1. The summed E-state index contributed by atoms with van der Waals surface area (Å²) in [4.78, 5) is 13.9. The highest BCUT2D eigenvalue weighted by Gasteiger charge is 2.37. The first-order valence-electron chi connectivity index (χ1n) is 12.8. The van der Waals surface area contributed by atoms with Crippen LogP contribution in [-0.4, -0.2) is 31.2 Å². The SMILES string of the molecule is CCOc1ccc([C@@H]2CC(=O)C3=C(C2)Nc2ccccc2N[C@@H]3c2cc(Cl)c(O)c(OCC)c2)cc1OC. The molecule has 0 saturated carbocycles. The molecule has 3 aromatic rings. The summed E-state index contributed by atoms with van der Waals surface area (Å²) in [6.07, 6.45) is 0.977. The van der Waals surface area contributed by atoms with E-state index < -0.39 is 6.04 Å². The molecule has 3 N–H and O–H groups in total. The van der Waals surface area contributed by atoms with E-state index in [0.717, 1.165) is 28.2 Å². The Labute approximate surface area is 227 Å². The number of allylic oxidation sites excluding steroid dienone is 1. The summed E-state index contributed by atoms with van der Waals surface area (Å²) in [7, 11) is 1.62. The number of hydrogen-bond donors (Lipinski definition) is 3. The Kier molecular flexibility index (Phi) is 7.38. The standard InChI is InChI=1S/C30H31ClN2O5/c1-4-37-25-11-10-17(15-26(25)36-3)18-13-23-28(24(34)14-18)29(33-22-9-7-6-8-21(22)32-23)19-12-20(31)30(35)27(16-19)38-5-2/h6-12,15-16,18,29,32-33,35H,4-5,13-14H2,1-3H3/t18-,29+/m0/s1. The van der Waals surface area contributed by atoms with E-state index >= 15 is 0 Å². The van der Waals surface area contributed by atoms with Crippen molar-refractivity contribution in [2.45, 2.75) is 38.6 Å². The van der Waals surface area contributed by atoms with Gasteiger partial charge in [0, 0.05) is 17.7 Å². The summed E-state index contributed by atoms with van der Waals surface area (Å²) < 4.78 is 16.9. The van der Waals surface area contributed by atoms with Crippen LogP contribution in [0.25, 0.3) is 0 Å². The largest absolute Gasteiger partial charge is 0.503 e. The zero-order chi connectivity index (χ0) is 26.8. The third-order valence-corrected chi connectivity index (χ3v) is 7.24. The van der Waals surface area contributed by atoms with Gasteiger partial charge in [-0.1, -0.05) is 29.8 Å². The maximum Gasteiger partial charge on any atom is 0.176 e. The van der Waals surface area contributed by atoms with Crippen LogP contribution >= 0.6 is 11.6 Å². The number of Topliss-reactive ketones (excluding diaryl/α,β-unsaturated/α-hetero) is 1. The molecule has 38 heavy (non-hydrogen) atoms. The molecule has 8 heteroatoms. The molecule has 2 atom stereocenters. The molecule has 1 aliphatic heterocycles. The number of methoxy groups -OCH3 is 1. The van der Waals surface area contributed by atoms with Crippen molar-refractivity contribution in [1.29, 1.82) is 0 Å². The second-order valence-electron chi connectivity index (χ2n) is 9.29. The number of nitrogens with one attached hydrogen (secondary N) is 2. The molecule has 0 aromatic heterocycles. The minimum absolute atomic E-state index is 0.0315. The first-order valence-corrected chi connectivity index (χ1v) is 13.2. The predicted octanol–water partition coefficient (Wildman–Crippen LogP) is 6.83. The van der Waals surface area contributed by atoms with E-state index in [9.17, 15) is 9.90 Å². The highest BCUT2D eigenvalue weighted by Crippen LogP contribution is 2.47. The van der Waals surface area contributed by atoms with Gasteiger partial charge in [0.25, 0.3) is 0 Å². The summed E-state index contributed by atoms with van der Waals surface area (Å²) in [5.74, 6) is 1.50. The number of aromatic hydroxyl groups is 1. The summed E-state index contributed by atoms with van der Waals surface area (Å²) in [6.45, 7) is 4.68. The number of fused-ring (bicyclic) bond motifs is 1. The third-order valence-electron chi connectivity index (χ3n) is 6.95. The number of rotatable bonds is 7. The number of para-hydroxylation sites is 2. The van der Waals surface area contributed by atoms with E-state index in [1.807, 2.05) is 56.3 Å². The quantitative estimate of drug-likeness (QED) is 0.306. The summed E-state index contributed by atoms with van der Waals surface area (Å²) in [5.41, 5.74) is 5.00. The number of phenols is 1. The van der Waals surface area contributed by atoms with E-state index in [-0.39, 0.29) is 28.2 Å². The van der Waals surface area contributed by atoms with Crippen LogP contribution < -0.4 is 24.8 Å². The van der Waals surface area contributed by atoms with Crippen molar-refractivity contribution in [2.75, 3.05) is 31.0 Å². The lowest BCUT2D eigenvalue weighted by atomic mass is 9.78. The Balaban J connectivity index is 1.59. The number of carbonyl (C=O) groups excluding carboxylic acids is 1. The van der Waals surface area contributed by atoms with Crippen molar-refractivity contribution in [3.63, 3.8) is 0 Å². The number of ether oxygens (including phenoxy) is 3. The van der Waals surface area contributed by atoms with Crippen LogP contribution in [0.15, 0.2) is 65.9 Å². The van der Waals surface area contributed by atoms with E-state index in [4.69, 9.17) is 25.8 Å². The minimum Gasteiger partial charge on any atom is -0.503 e. The van der Waals surface area contributed by atoms with Crippen LogP contribution in [0.2, 0.25) is 5.02 Å². The van der Waals surface area contributed by atoms with Crippen molar-refractivity contribution in [1.82, 2.24) is 0 Å². The van der Waals surface area contributed by atoms with Crippen LogP contribution in [0.4, 0.5) is 11.4 Å². The van der Waals surface area contributed by atoms with Gasteiger partial charge < -0.3 is 30.0 Å².